The zero-order valence-electron chi connectivity index (χ0n) is 9.49. The van der Waals surface area contributed by atoms with Crippen molar-refractivity contribution >= 4 is 5.91 Å². The Morgan fingerprint density at radius 1 is 1.73 bits per heavy atom. The summed E-state index contributed by atoms with van der Waals surface area (Å²) in [6.07, 6.45) is 3.69. The minimum absolute atomic E-state index is 0.108. The van der Waals surface area contributed by atoms with Crippen LogP contribution in [0.3, 0.4) is 0 Å². The predicted molar refractivity (Wildman–Crippen MR) is 61.2 cm³/mol. The predicted octanol–water partition coefficient (Wildman–Crippen LogP) is 0.397. The summed E-state index contributed by atoms with van der Waals surface area (Å²) in [5, 5.41) is 3.04. The summed E-state index contributed by atoms with van der Waals surface area (Å²) in [6.45, 7) is 8.70. The van der Waals surface area contributed by atoms with E-state index in [0.717, 1.165) is 18.8 Å². The molecule has 0 aromatic rings. The van der Waals surface area contributed by atoms with Crippen LogP contribution in [0.15, 0.2) is 24.6 Å². The third-order valence-electron chi connectivity index (χ3n) is 2.46. The molecule has 1 aliphatic rings. The second kappa shape index (κ2) is 5.56. The molecule has 1 heterocycles. The van der Waals surface area contributed by atoms with E-state index in [4.69, 9.17) is 0 Å². The van der Waals surface area contributed by atoms with E-state index in [1.807, 2.05) is 18.1 Å². The van der Waals surface area contributed by atoms with Gasteiger partial charge in [0.1, 0.15) is 0 Å². The first-order chi connectivity index (χ1) is 7.19. The Hall–Kier alpha value is -1.29. The molecule has 1 aliphatic heterocycles. The summed E-state index contributed by atoms with van der Waals surface area (Å²) in [5.41, 5.74) is 0.880. The van der Waals surface area contributed by atoms with Gasteiger partial charge >= 0.3 is 0 Å². The van der Waals surface area contributed by atoms with Crippen LogP contribution in [0.5, 0.6) is 0 Å². The lowest BCUT2D eigenvalue weighted by Gasteiger charge is -2.29. The van der Waals surface area contributed by atoms with Crippen LogP contribution in [0.1, 0.15) is 6.92 Å². The third-order valence-corrected chi connectivity index (χ3v) is 2.46. The van der Waals surface area contributed by atoms with Gasteiger partial charge in [0, 0.05) is 32.9 Å². The number of nitrogens with zero attached hydrogens (tertiary/aromatic N) is 2. The lowest BCUT2D eigenvalue weighted by Crippen LogP contribution is -2.47. The van der Waals surface area contributed by atoms with E-state index in [-0.39, 0.29) is 5.91 Å². The number of allylic oxidation sites excluding steroid dienone is 1. The monoisotopic (exact) mass is 209 g/mol. The minimum atomic E-state index is 0.108. The quantitative estimate of drug-likeness (QED) is 0.681. The molecule has 0 aliphatic carbocycles. The Kier molecular flexibility index (Phi) is 4.37. The molecular formula is C11H19N3O. The van der Waals surface area contributed by atoms with Crippen molar-refractivity contribution in [3.8, 4) is 0 Å². The van der Waals surface area contributed by atoms with Crippen molar-refractivity contribution in [2.24, 2.45) is 0 Å². The molecule has 0 bridgehead atoms. The summed E-state index contributed by atoms with van der Waals surface area (Å²) in [6, 6.07) is 0. The number of rotatable bonds is 4. The van der Waals surface area contributed by atoms with E-state index in [1.54, 1.807) is 11.0 Å². The molecule has 15 heavy (non-hydrogen) atoms. The van der Waals surface area contributed by atoms with Gasteiger partial charge < -0.3 is 15.1 Å². The summed E-state index contributed by atoms with van der Waals surface area (Å²) < 4.78 is 0. The smallest absolute Gasteiger partial charge is 0.241 e. The van der Waals surface area contributed by atoms with Gasteiger partial charge in [-0.2, -0.15) is 0 Å². The number of nitrogens with one attached hydrogen (secondary N) is 1. The van der Waals surface area contributed by atoms with E-state index >= 15 is 0 Å². The number of carbonyl (C=O) groups is 1. The van der Waals surface area contributed by atoms with Gasteiger partial charge in [0.2, 0.25) is 5.91 Å². The molecule has 0 aromatic heterocycles. The van der Waals surface area contributed by atoms with Gasteiger partial charge in [0.05, 0.1) is 12.2 Å². The van der Waals surface area contributed by atoms with Crippen molar-refractivity contribution in [3.05, 3.63) is 24.6 Å². The SMILES string of the molecule is C=C/C(=C\N(C)CC)N1CCNCC1=O. The van der Waals surface area contributed by atoms with Crippen molar-refractivity contribution < 1.29 is 4.79 Å². The van der Waals surface area contributed by atoms with Crippen molar-refractivity contribution in [1.82, 2.24) is 15.1 Å². The van der Waals surface area contributed by atoms with Gasteiger partial charge in [-0.3, -0.25) is 4.79 Å². The van der Waals surface area contributed by atoms with E-state index in [1.165, 1.54) is 0 Å². The molecule has 0 unspecified atom stereocenters. The Balaban J connectivity index is 2.76. The molecular weight excluding hydrogens is 190 g/mol. The van der Waals surface area contributed by atoms with Gasteiger partial charge in [-0.1, -0.05) is 6.58 Å². The maximum atomic E-state index is 11.6. The van der Waals surface area contributed by atoms with Crippen LogP contribution >= 0.6 is 0 Å². The molecule has 1 amide bonds. The van der Waals surface area contributed by atoms with Crippen molar-refractivity contribution in [2.45, 2.75) is 6.92 Å². The summed E-state index contributed by atoms with van der Waals surface area (Å²) in [4.78, 5) is 15.4. The van der Waals surface area contributed by atoms with E-state index < -0.39 is 0 Å². The van der Waals surface area contributed by atoms with E-state index in [2.05, 4.69) is 18.8 Å². The summed E-state index contributed by atoms with van der Waals surface area (Å²) >= 11 is 0. The number of carbonyl (C=O) groups excluding carboxylic acids is 1. The maximum Gasteiger partial charge on any atom is 0.241 e. The normalized spacial score (nSPS) is 17.9. The van der Waals surface area contributed by atoms with Crippen LogP contribution in [0.2, 0.25) is 0 Å². The Morgan fingerprint density at radius 2 is 2.47 bits per heavy atom. The van der Waals surface area contributed by atoms with Crippen molar-refractivity contribution in [1.29, 1.82) is 0 Å². The minimum Gasteiger partial charge on any atom is -0.379 e. The summed E-state index contributed by atoms with van der Waals surface area (Å²) in [5.74, 6) is 0.108. The van der Waals surface area contributed by atoms with Crippen LogP contribution in [-0.2, 0) is 4.79 Å². The van der Waals surface area contributed by atoms with Crippen LogP contribution in [-0.4, -0.2) is 48.9 Å². The van der Waals surface area contributed by atoms with Gasteiger partial charge in [0.25, 0.3) is 0 Å². The Labute approximate surface area is 91.2 Å². The molecule has 0 saturated carbocycles. The van der Waals surface area contributed by atoms with Crippen LogP contribution in [0.25, 0.3) is 0 Å². The molecule has 1 rings (SSSR count). The molecule has 1 fully saturated rings. The fourth-order valence-corrected chi connectivity index (χ4v) is 1.43. The fraction of sp³-hybridized carbons (Fsp3) is 0.545. The van der Waals surface area contributed by atoms with Crippen molar-refractivity contribution in [2.75, 3.05) is 33.2 Å². The van der Waals surface area contributed by atoms with Gasteiger partial charge in [-0.15, -0.1) is 0 Å². The van der Waals surface area contributed by atoms with E-state index in [9.17, 15) is 4.79 Å². The molecule has 4 nitrogen and oxygen atoms in total. The number of hydrogen-bond donors (Lipinski definition) is 1. The molecule has 84 valence electrons. The summed E-state index contributed by atoms with van der Waals surface area (Å²) in [7, 11) is 1.98. The van der Waals surface area contributed by atoms with Gasteiger partial charge in [-0.25, -0.2) is 0 Å². The van der Waals surface area contributed by atoms with Gasteiger partial charge in [0.15, 0.2) is 0 Å². The van der Waals surface area contributed by atoms with E-state index in [0.29, 0.717) is 13.1 Å². The van der Waals surface area contributed by atoms with Crippen LogP contribution < -0.4 is 5.32 Å². The first-order valence-electron chi connectivity index (χ1n) is 5.24. The first-order valence-corrected chi connectivity index (χ1v) is 5.24. The molecule has 4 heteroatoms. The average Bonchev–Trinajstić information content (AvgIpc) is 2.26. The van der Waals surface area contributed by atoms with Crippen LogP contribution in [0, 0.1) is 0 Å². The number of amides is 1. The Morgan fingerprint density at radius 3 is 3.00 bits per heavy atom. The second-order valence-corrected chi connectivity index (χ2v) is 3.55. The highest BCUT2D eigenvalue weighted by molar-refractivity contribution is 5.81. The molecule has 0 radical (unpaired) electrons. The number of piperazine rings is 1. The largest absolute Gasteiger partial charge is 0.379 e. The molecule has 1 saturated heterocycles. The third kappa shape index (κ3) is 3.09. The van der Waals surface area contributed by atoms with Crippen LogP contribution in [0.4, 0.5) is 0 Å². The molecule has 0 atom stereocenters. The average molecular weight is 209 g/mol. The molecule has 1 N–H and O–H groups in total. The number of hydrogen-bond acceptors (Lipinski definition) is 3. The fourth-order valence-electron chi connectivity index (χ4n) is 1.43. The van der Waals surface area contributed by atoms with Crippen molar-refractivity contribution in [3.63, 3.8) is 0 Å². The highest BCUT2D eigenvalue weighted by Crippen LogP contribution is 2.08. The molecule has 0 aromatic carbocycles. The highest BCUT2D eigenvalue weighted by Gasteiger charge is 2.19. The zero-order chi connectivity index (χ0) is 11.3. The lowest BCUT2D eigenvalue weighted by atomic mass is 10.3. The standard InChI is InChI=1S/C11H19N3O/c1-4-10(9-13(3)5-2)14-7-6-12-8-11(14)15/h4,9,12H,1,5-8H2,2-3H3/b10-9+. The molecule has 0 spiro atoms. The topological polar surface area (TPSA) is 35.6 Å². The van der Waals surface area contributed by atoms with Gasteiger partial charge in [-0.05, 0) is 13.0 Å². The highest BCUT2D eigenvalue weighted by atomic mass is 16.2. The first kappa shape index (κ1) is 11.8. The lowest BCUT2D eigenvalue weighted by molar-refractivity contribution is -0.129. The zero-order valence-corrected chi connectivity index (χ0v) is 9.49. The maximum absolute atomic E-state index is 11.6. The second-order valence-electron chi connectivity index (χ2n) is 3.55. The Bertz CT molecular complexity index is 273.